The van der Waals surface area contributed by atoms with Gasteiger partial charge in [0.2, 0.25) is 0 Å². The fourth-order valence-electron chi connectivity index (χ4n) is 1.29. The highest BCUT2D eigenvalue weighted by molar-refractivity contribution is 5.95. The molecule has 15 heavy (non-hydrogen) atoms. The number of carbonyl (C=O) groups excluding carboxylic acids is 1. The molecule has 82 valence electrons. The summed E-state index contributed by atoms with van der Waals surface area (Å²) in [6.45, 7) is 0. The highest BCUT2D eigenvalue weighted by Gasteiger charge is 2.10. The van der Waals surface area contributed by atoms with Crippen LogP contribution in [0.4, 0.5) is 5.69 Å². The summed E-state index contributed by atoms with van der Waals surface area (Å²) in [4.78, 5) is 13.2. The maximum absolute atomic E-state index is 11.7. The van der Waals surface area contributed by atoms with E-state index in [0.717, 1.165) is 5.69 Å². The third-order valence-corrected chi connectivity index (χ3v) is 2.12. The molecular formula is C11H16N2O2. The third kappa shape index (κ3) is 2.40. The molecule has 4 heteroatoms. The standard InChI is InChI=1S/C11H16N2O2/c1-12-9-6-5-8(7-10(9)15-4)11(14)13(2)3/h5-7,12H,1-4H3. The van der Waals surface area contributed by atoms with Crippen molar-refractivity contribution in [3.8, 4) is 5.75 Å². The molecule has 0 aliphatic rings. The number of benzene rings is 1. The van der Waals surface area contributed by atoms with Crippen LogP contribution < -0.4 is 10.1 Å². The molecule has 0 heterocycles. The lowest BCUT2D eigenvalue weighted by Crippen LogP contribution is -2.21. The summed E-state index contributed by atoms with van der Waals surface area (Å²) in [7, 11) is 6.84. The number of methoxy groups -OCH3 is 1. The van der Waals surface area contributed by atoms with Gasteiger partial charge >= 0.3 is 0 Å². The first-order valence-electron chi connectivity index (χ1n) is 4.67. The number of hydrogen-bond donors (Lipinski definition) is 1. The second-order valence-corrected chi connectivity index (χ2v) is 3.36. The number of amides is 1. The lowest BCUT2D eigenvalue weighted by molar-refractivity contribution is 0.0827. The zero-order valence-corrected chi connectivity index (χ0v) is 9.50. The van der Waals surface area contributed by atoms with E-state index in [2.05, 4.69) is 5.32 Å². The van der Waals surface area contributed by atoms with Gasteiger partial charge in [0.1, 0.15) is 5.75 Å². The molecule has 1 aromatic rings. The van der Waals surface area contributed by atoms with Gasteiger partial charge in [0.05, 0.1) is 12.8 Å². The van der Waals surface area contributed by atoms with Gasteiger partial charge in [-0.2, -0.15) is 0 Å². The SMILES string of the molecule is CNc1ccc(C(=O)N(C)C)cc1OC. The number of anilines is 1. The summed E-state index contributed by atoms with van der Waals surface area (Å²) < 4.78 is 5.17. The molecule has 0 fully saturated rings. The lowest BCUT2D eigenvalue weighted by Gasteiger charge is -2.13. The Hall–Kier alpha value is -1.71. The molecule has 1 amide bonds. The Morgan fingerprint density at radius 2 is 2.07 bits per heavy atom. The fraction of sp³-hybridized carbons (Fsp3) is 0.364. The van der Waals surface area contributed by atoms with Crippen LogP contribution in [-0.2, 0) is 0 Å². The first-order chi connectivity index (χ1) is 7.10. The molecule has 0 bridgehead atoms. The van der Waals surface area contributed by atoms with Crippen LogP contribution in [0.2, 0.25) is 0 Å². The first-order valence-corrected chi connectivity index (χ1v) is 4.67. The number of nitrogens with zero attached hydrogens (tertiary/aromatic N) is 1. The van der Waals surface area contributed by atoms with Crippen molar-refractivity contribution in [3.05, 3.63) is 23.8 Å². The van der Waals surface area contributed by atoms with Crippen molar-refractivity contribution < 1.29 is 9.53 Å². The second kappa shape index (κ2) is 4.68. The molecule has 0 aliphatic carbocycles. The molecule has 0 aromatic heterocycles. The molecule has 1 rings (SSSR count). The Bertz CT molecular complexity index is 362. The van der Waals surface area contributed by atoms with Gasteiger partial charge in [-0.3, -0.25) is 4.79 Å². The number of rotatable bonds is 3. The maximum Gasteiger partial charge on any atom is 0.253 e. The molecule has 1 aromatic carbocycles. The number of nitrogens with one attached hydrogen (secondary N) is 1. The summed E-state index contributed by atoms with van der Waals surface area (Å²) >= 11 is 0. The van der Waals surface area contributed by atoms with Crippen molar-refractivity contribution >= 4 is 11.6 Å². The van der Waals surface area contributed by atoms with E-state index in [9.17, 15) is 4.79 Å². The highest BCUT2D eigenvalue weighted by atomic mass is 16.5. The molecule has 0 unspecified atom stereocenters. The van der Waals surface area contributed by atoms with Crippen LogP contribution in [0.25, 0.3) is 0 Å². The number of ether oxygens (including phenoxy) is 1. The number of hydrogen-bond acceptors (Lipinski definition) is 3. The van der Waals surface area contributed by atoms with Gasteiger partial charge < -0.3 is 15.0 Å². The molecule has 1 N–H and O–H groups in total. The smallest absolute Gasteiger partial charge is 0.253 e. The zero-order valence-electron chi connectivity index (χ0n) is 9.50. The zero-order chi connectivity index (χ0) is 11.4. The minimum absolute atomic E-state index is 0.0315. The van der Waals surface area contributed by atoms with Crippen molar-refractivity contribution in [1.82, 2.24) is 4.90 Å². The Balaban J connectivity index is 3.08. The van der Waals surface area contributed by atoms with Crippen LogP contribution in [-0.4, -0.2) is 39.1 Å². The second-order valence-electron chi connectivity index (χ2n) is 3.36. The first kappa shape index (κ1) is 11.4. The Morgan fingerprint density at radius 1 is 1.40 bits per heavy atom. The van der Waals surface area contributed by atoms with E-state index in [1.165, 1.54) is 4.90 Å². The van der Waals surface area contributed by atoms with E-state index >= 15 is 0 Å². The van der Waals surface area contributed by atoms with Crippen molar-refractivity contribution in [2.24, 2.45) is 0 Å². The average molecular weight is 208 g/mol. The van der Waals surface area contributed by atoms with Crippen LogP contribution in [0.1, 0.15) is 10.4 Å². The number of carbonyl (C=O) groups is 1. The minimum atomic E-state index is -0.0315. The van der Waals surface area contributed by atoms with Crippen LogP contribution in [0, 0.1) is 0 Å². The van der Waals surface area contributed by atoms with Gasteiger partial charge in [-0.1, -0.05) is 0 Å². The van der Waals surface area contributed by atoms with Crippen LogP contribution >= 0.6 is 0 Å². The van der Waals surface area contributed by atoms with E-state index in [-0.39, 0.29) is 5.91 Å². The van der Waals surface area contributed by atoms with Crippen LogP contribution in [0.15, 0.2) is 18.2 Å². The minimum Gasteiger partial charge on any atom is -0.495 e. The van der Waals surface area contributed by atoms with Crippen molar-refractivity contribution in [2.45, 2.75) is 0 Å². The van der Waals surface area contributed by atoms with E-state index in [4.69, 9.17) is 4.74 Å². The van der Waals surface area contributed by atoms with Gasteiger partial charge in [-0.15, -0.1) is 0 Å². The Morgan fingerprint density at radius 3 is 2.53 bits per heavy atom. The Labute approximate surface area is 89.8 Å². The summed E-state index contributed by atoms with van der Waals surface area (Å²) in [5.74, 6) is 0.640. The average Bonchev–Trinajstić information content (AvgIpc) is 2.26. The summed E-state index contributed by atoms with van der Waals surface area (Å²) in [6, 6.07) is 5.33. The molecule has 0 saturated heterocycles. The quantitative estimate of drug-likeness (QED) is 0.817. The van der Waals surface area contributed by atoms with Gasteiger partial charge in [-0.05, 0) is 18.2 Å². The molecule has 0 atom stereocenters. The molecule has 0 radical (unpaired) electrons. The molecule has 4 nitrogen and oxygen atoms in total. The van der Waals surface area contributed by atoms with Crippen LogP contribution in [0.5, 0.6) is 5.75 Å². The summed E-state index contributed by atoms with van der Waals surface area (Å²) in [5, 5.41) is 2.99. The highest BCUT2D eigenvalue weighted by Crippen LogP contribution is 2.25. The predicted molar refractivity (Wildman–Crippen MR) is 60.6 cm³/mol. The van der Waals surface area contributed by atoms with Crippen molar-refractivity contribution in [1.29, 1.82) is 0 Å². The lowest BCUT2D eigenvalue weighted by atomic mass is 10.1. The largest absolute Gasteiger partial charge is 0.495 e. The topological polar surface area (TPSA) is 41.6 Å². The van der Waals surface area contributed by atoms with Gasteiger partial charge in [0, 0.05) is 26.7 Å². The van der Waals surface area contributed by atoms with E-state index in [1.54, 1.807) is 33.3 Å². The van der Waals surface area contributed by atoms with Crippen molar-refractivity contribution in [3.63, 3.8) is 0 Å². The summed E-state index contributed by atoms with van der Waals surface area (Å²) in [6.07, 6.45) is 0. The third-order valence-electron chi connectivity index (χ3n) is 2.12. The normalized spacial score (nSPS) is 9.60. The van der Waals surface area contributed by atoms with Gasteiger partial charge in [-0.25, -0.2) is 0 Å². The maximum atomic E-state index is 11.7. The fourth-order valence-corrected chi connectivity index (χ4v) is 1.29. The summed E-state index contributed by atoms with van der Waals surface area (Å²) in [5.41, 5.74) is 1.49. The van der Waals surface area contributed by atoms with Gasteiger partial charge in [0.15, 0.2) is 0 Å². The molecule has 0 aliphatic heterocycles. The predicted octanol–water partition coefficient (Wildman–Crippen LogP) is 1.44. The van der Waals surface area contributed by atoms with E-state index < -0.39 is 0 Å². The van der Waals surface area contributed by atoms with Gasteiger partial charge in [0.25, 0.3) is 5.91 Å². The van der Waals surface area contributed by atoms with E-state index in [0.29, 0.717) is 11.3 Å². The molecular weight excluding hydrogens is 192 g/mol. The molecule has 0 saturated carbocycles. The van der Waals surface area contributed by atoms with E-state index in [1.807, 2.05) is 13.1 Å². The monoisotopic (exact) mass is 208 g/mol. The molecule has 0 spiro atoms. The Kier molecular flexibility index (Phi) is 3.55. The van der Waals surface area contributed by atoms with Crippen molar-refractivity contribution in [2.75, 3.05) is 33.6 Å². The van der Waals surface area contributed by atoms with Crippen LogP contribution in [0.3, 0.4) is 0 Å².